The van der Waals surface area contributed by atoms with E-state index >= 15 is 0 Å². The topological polar surface area (TPSA) is 79.9 Å². The van der Waals surface area contributed by atoms with Crippen molar-refractivity contribution < 1.29 is 19.1 Å². The number of piperazine rings is 1. The van der Waals surface area contributed by atoms with Crippen molar-refractivity contribution in [3.63, 3.8) is 0 Å². The number of esters is 1. The molecule has 1 saturated heterocycles. The Morgan fingerprint density at radius 1 is 1.33 bits per heavy atom. The summed E-state index contributed by atoms with van der Waals surface area (Å²) in [5.74, 6) is 0.0952. The minimum Gasteiger partial charge on any atom is -0.497 e. The molecule has 1 aromatic rings. The number of benzene rings is 1. The molecule has 2 aliphatic rings. The Bertz CT molecular complexity index is 727. The first-order valence-electron chi connectivity index (χ1n) is 9.14. The third-order valence-electron chi connectivity index (χ3n) is 5.20. The molecule has 0 radical (unpaired) electrons. The number of thiocarbonyl (C=S) groups is 1. The molecule has 146 valence electrons. The molecule has 0 unspecified atom stereocenters. The number of anilines is 1. The van der Waals surface area contributed by atoms with Crippen molar-refractivity contribution in [1.82, 2.24) is 10.2 Å². The molecule has 8 heteroatoms. The predicted molar refractivity (Wildman–Crippen MR) is 106 cm³/mol. The van der Waals surface area contributed by atoms with Gasteiger partial charge in [0, 0.05) is 17.8 Å². The number of carbonyl (C=O) groups excluding carboxylic acids is 2. The Hall–Kier alpha value is -2.35. The van der Waals surface area contributed by atoms with Gasteiger partial charge in [0.15, 0.2) is 5.11 Å². The molecule has 0 spiro atoms. The summed E-state index contributed by atoms with van der Waals surface area (Å²) in [4.78, 5) is 26.5. The molecule has 3 atom stereocenters. The molecule has 0 bridgehead atoms. The average Bonchev–Trinajstić information content (AvgIpc) is 2.68. The van der Waals surface area contributed by atoms with E-state index in [1.807, 2.05) is 29.2 Å². The molecule has 2 N–H and O–H groups in total. The van der Waals surface area contributed by atoms with Gasteiger partial charge < -0.3 is 25.0 Å². The van der Waals surface area contributed by atoms with E-state index in [1.54, 1.807) is 7.11 Å². The van der Waals surface area contributed by atoms with Crippen LogP contribution in [-0.4, -0.2) is 54.2 Å². The van der Waals surface area contributed by atoms with Crippen LogP contribution in [0.25, 0.3) is 0 Å². The van der Waals surface area contributed by atoms with Crippen molar-refractivity contribution in [2.45, 2.75) is 50.2 Å². The summed E-state index contributed by atoms with van der Waals surface area (Å²) in [5, 5.41) is 6.71. The van der Waals surface area contributed by atoms with Gasteiger partial charge in [-0.15, -0.1) is 0 Å². The minimum atomic E-state index is -0.678. The van der Waals surface area contributed by atoms with Gasteiger partial charge in [0.25, 0.3) is 0 Å². The van der Waals surface area contributed by atoms with E-state index in [2.05, 4.69) is 10.6 Å². The van der Waals surface area contributed by atoms with Crippen molar-refractivity contribution in [3.8, 4) is 5.75 Å². The van der Waals surface area contributed by atoms with E-state index in [-0.39, 0.29) is 24.4 Å². The summed E-state index contributed by atoms with van der Waals surface area (Å²) >= 11 is 5.66. The van der Waals surface area contributed by atoms with Crippen molar-refractivity contribution in [2.24, 2.45) is 0 Å². The van der Waals surface area contributed by atoms with E-state index in [0.29, 0.717) is 10.9 Å². The van der Waals surface area contributed by atoms with Crippen LogP contribution in [0.1, 0.15) is 32.1 Å². The third kappa shape index (κ3) is 4.32. The van der Waals surface area contributed by atoms with Gasteiger partial charge >= 0.3 is 5.97 Å². The largest absolute Gasteiger partial charge is 0.497 e. The Kier molecular flexibility index (Phi) is 6.15. The Morgan fingerprint density at radius 2 is 2.11 bits per heavy atom. The molecule has 1 amide bonds. The first-order chi connectivity index (χ1) is 13.0. The van der Waals surface area contributed by atoms with Crippen molar-refractivity contribution in [2.75, 3.05) is 19.5 Å². The van der Waals surface area contributed by atoms with E-state index in [0.717, 1.165) is 31.4 Å². The first kappa shape index (κ1) is 19.4. The zero-order chi connectivity index (χ0) is 19.4. The SMILES string of the molecule is COC(=O)C[C@H]1C(=O)N[C@H]2CCCC[C@H]2N1C(=S)Nc1cccc(OC)c1. The highest BCUT2D eigenvalue weighted by Gasteiger charge is 2.44. The first-order valence-corrected chi connectivity index (χ1v) is 9.55. The number of carbonyl (C=O) groups is 2. The van der Waals surface area contributed by atoms with E-state index < -0.39 is 12.0 Å². The number of nitrogens with zero attached hydrogens (tertiary/aromatic N) is 1. The summed E-state index contributed by atoms with van der Waals surface area (Å²) < 4.78 is 10.0. The quantitative estimate of drug-likeness (QED) is 0.601. The number of amides is 1. The van der Waals surface area contributed by atoms with Crippen LogP contribution in [-0.2, 0) is 14.3 Å². The van der Waals surface area contributed by atoms with Crippen LogP contribution >= 0.6 is 12.2 Å². The maximum atomic E-state index is 12.7. The zero-order valence-corrected chi connectivity index (χ0v) is 16.4. The molecular weight excluding hydrogens is 366 g/mol. The highest BCUT2D eigenvalue weighted by atomic mass is 32.1. The van der Waals surface area contributed by atoms with Crippen LogP contribution in [0, 0.1) is 0 Å². The highest BCUT2D eigenvalue weighted by Crippen LogP contribution is 2.30. The Labute approximate surface area is 164 Å². The van der Waals surface area contributed by atoms with E-state index in [1.165, 1.54) is 7.11 Å². The molecule has 1 saturated carbocycles. The number of nitrogens with one attached hydrogen (secondary N) is 2. The van der Waals surface area contributed by atoms with Crippen molar-refractivity contribution in [1.29, 1.82) is 0 Å². The highest BCUT2D eigenvalue weighted by molar-refractivity contribution is 7.80. The summed E-state index contributed by atoms with van der Waals surface area (Å²) in [6.45, 7) is 0. The molecule has 1 aromatic carbocycles. The number of hydrogen-bond donors (Lipinski definition) is 2. The predicted octanol–water partition coefficient (Wildman–Crippen LogP) is 2.07. The average molecular weight is 391 g/mol. The van der Waals surface area contributed by atoms with Gasteiger partial charge in [-0.3, -0.25) is 9.59 Å². The second-order valence-electron chi connectivity index (χ2n) is 6.83. The summed E-state index contributed by atoms with van der Waals surface area (Å²) in [7, 11) is 2.93. The van der Waals surface area contributed by atoms with Gasteiger partial charge in [0.05, 0.1) is 26.7 Å². The zero-order valence-electron chi connectivity index (χ0n) is 15.6. The molecule has 1 aliphatic carbocycles. The van der Waals surface area contributed by atoms with Gasteiger partial charge in [-0.25, -0.2) is 0 Å². The molecule has 0 aromatic heterocycles. The number of rotatable bonds is 4. The lowest BCUT2D eigenvalue weighted by molar-refractivity contribution is -0.146. The Balaban J connectivity index is 1.85. The van der Waals surface area contributed by atoms with Crippen molar-refractivity contribution >= 4 is 34.9 Å². The maximum absolute atomic E-state index is 12.7. The van der Waals surface area contributed by atoms with Gasteiger partial charge in [-0.05, 0) is 37.2 Å². The molecule has 1 aliphatic heterocycles. The molecule has 2 fully saturated rings. The second-order valence-corrected chi connectivity index (χ2v) is 7.22. The number of hydrogen-bond acceptors (Lipinski definition) is 5. The fourth-order valence-corrected chi connectivity index (χ4v) is 4.24. The lowest BCUT2D eigenvalue weighted by atomic mass is 9.85. The maximum Gasteiger partial charge on any atom is 0.308 e. The van der Waals surface area contributed by atoms with Crippen LogP contribution in [0.3, 0.4) is 0 Å². The van der Waals surface area contributed by atoms with Crippen LogP contribution in [0.4, 0.5) is 5.69 Å². The summed E-state index contributed by atoms with van der Waals surface area (Å²) in [6.07, 6.45) is 3.95. The lowest BCUT2D eigenvalue weighted by Gasteiger charge is -2.49. The van der Waals surface area contributed by atoms with E-state index in [4.69, 9.17) is 21.7 Å². The Morgan fingerprint density at radius 3 is 2.85 bits per heavy atom. The van der Waals surface area contributed by atoms with Gasteiger partial charge in [-0.2, -0.15) is 0 Å². The monoisotopic (exact) mass is 391 g/mol. The van der Waals surface area contributed by atoms with Gasteiger partial charge in [0.2, 0.25) is 5.91 Å². The molecule has 7 nitrogen and oxygen atoms in total. The normalized spacial score (nSPS) is 24.4. The number of fused-ring (bicyclic) bond motifs is 1. The van der Waals surface area contributed by atoms with Crippen LogP contribution in [0.15, 0.2) is 24.3 Å². The minimum absolute atomic E-state index is 0.0362. The van der Waals surface area contributed by atoms with Crippen molar-refractivity contribution in [3.05, 3.63) is 24.3 Å². The smallest absolute Gasteiger partial charge is 0.308 e. The molecular formula is C19H25N3O4S. The molecule has 1 heterocycles. The fourth-order valence-electron chi connectivity index (χ4n) is 3.86. The number of ether oxygens (including phenoxy) is 2. The standard InChI is InChI=1S/C19H25N3O4S/c1-25-13-7-5-6-12(10-13)20-19(27)22-15-9-4-3-8-14(15)21-18(24)16(22)11-17(23)26-2/h5-7,10,14-16H,3-4,8-9,11H2,1-2H3,(H,20,27)(H,21,24)/t14-,15+,16-/m0/s1. The van der Waals surface area contributed by atoms with E-state index in [9.17, 15) is 9.59 Å². The van der Waals surface area contributed by atoms with Crippen LogP contribution in [0.2, 0.25) is 0 Å². The van der Waals surface area contributed by atoms with Crippen LogP contribution in [0.5, 0.6) is 5.75 Å². The second kappa shape index (κ2) is 8.56. The van der Waals surface area contributed by atoms with Crippen LogP contribution < -0.4 is 15.4 Å². The molecule has 27 heavy (non-hydrogen) atoms. The number of methoxy groups -OCH3 is 2. The van der Waals surface area contributed by atoms with Gasteiger partial charge in [0.1, 0.15) is 11.8 Å². The summed E-state index contributed by atoms with van der Waals surface area (Å²) in [5.41, 5.74) is 0.773. The van der Waals surface area contributed by atoms with Gasteiger partial charge in [-0.1, -0.05) is 18.9 Å². The lowest BCUT2D eigenvalue weighted by Crippen LogP contribution is -2.68. The third-order valence-corrected chi connectivity index (χ3v) is 5.51. The molecule has 3 rings (SSSR count). The summed E-state index contributed by atoms with van der Waals surface area (Å²) in [6, 6.07) is 6.86. The fraction of sp³-hybridized carbons (Fsp3) is 0.526.